The van der Waals surface area contributed by atoms with Gasteiger partial charge in [0, 0.05) is 36.1 Å². The van der Waals surface area contributed by atoms with Gasteiger partial charge in [-0.15, -0.1) is 0 Å². The molecule has 2 heterocycles. The van der Waals surface area contributed by atoms with Crippen LogP contribution in [0.25, 0.3) is 10.8 Å². The van der Waals surface area contributed by atoms with Gasteiger partial charge in [-0.05, 0) is 110 Å². The van der Waals surface area contributed by atoms with Crippen molar-refractivity contribution in [1.82, 2.24) is 9.80 Å². The Labute approximate surface area is 251 Å². The molecule has 0 unspecified atom stereocenters. The highest BCUT2D eigenvalue weighted by molar-refractivity contribution is 6.42. The molecule has 214 valence electrons. The number of hydrogen-bond acceptors (Lipinski definition) is 3. The van der Waals surface area contributed by atoms with Gasteiger partial charge in [-0.3, -0.25) is 0 Å². The molecule has 41 heavy (non-hydrogen) atoms. The van der Waals surface area contributed by atoms with Gasteiger partial charge in [-0.25, -0.2) is 8.78 Å². The van der Waals surface area contributed by atoms with E-state index in [4.69, 9.17) is 23.2 Å². The smallest absolute Gasteiger partial charge is 0.131 e. The Kier molecular flexibility index (Phi) is 8.24. The van der Waals surface area contributed by atoms with Crippen LogP contribution in [0, 0.1) is 11.6 Å². The minimum Gasteiger partial charge on any atom is -0.384 e. The average Bonchev–Trinajstić information content (AvgIpc) is 3.32. The number of piperidine rings is 1. The fourth-order valence-corrected chi connectivity index (χ4v) is 7.09. The number of nitrogens with one attached hydrogen (secondary N) is 1. The Bertz CT molecular complexity index is 1550. The number of fused-ring (bicyclic) bond motifs is 3. The lowest BCUT2D eigenvalue weighted by molar-refractivity contribution is 0.160. The van der Waals surface area contributed by atoms with Crippen LogP contribution in [0.1, 0.15) is 41.9 Å². The summed E-state index contributed by atoms with van der Waals surface area (Å²) in [5, 5.41) is 6.25. The highest BCUT2D eigenvalue weighted by Gasteiger charge is 2.41. The van der Waals surface area contributed by atoms with Crippen molar-refractivity contribution in [1.29, 1.82) is 0 Å². The maximum atomic E-state index is 14.4. The molecule has 7 heteroatoms. The zero-order chi connectivity index (χ0) is 28.6. The quantitative estimate of drug-likeness (QED) is 0.221. The average molecular weight is 595 g/mol. The molecule has 0 bridgehead atoms. The van der Waals surface area contributed by atoms with Crippen LogP contribution in [-0.4, -0.2) is 49.6 Å². The van der Waals surface area contributed by atoms with Crippen molar-refractivity contribution in [2.24, 2.45) is 0 Å². The lowest BCUT2D eigenvalue weighted by atomic mass is 9.74. The Morgan fingerprint density at radius 2 is 1.71 bits per heavy atom. The fourth-order valence-electron chi connectivity index (χ4n) is 6.78. The van der Waals surface area contributed by atoms with Gasteiger partial charge >= 0.3 is 0 Å². The maximum absolute atomic E-state index is 14.4. The number of nitrogens with zero attached hydrogens (tertiary/aromatic N) is 2. The van der Waals surface area contributed by atoms with Crippen LogP contribution >= 0.6 is 23.2 Å². The molecule has 3 nitrogen and oxygen atoms in total. The minimum atomic E-state index is -0.189. The summed E-state index contributed by atoms with van der Waals surface area (Å²) in [4.78, 5) is 4.86. The third kappa shape index (κ3) is 5.96. The molecule has 1 spiro atoms. The van der Waals surface area contributed by atoms with Gasteiger partial charge in [0.2, 0.25) is 0 Å². The largest absolute Gasteiger partial charge is 0.384 e. The lowest BCUT2D eigenvalue weighted by Crippen LogP contribution is -2.44. The normalized spacial score (nSPS) is 17.2. The molecule has 1 atom stereocenters. The summed E-state index contributed by atoms with van der Waals surface area (Å²) in [7, 11) is 2.12. The third-order valence-corrected chi connectivity index (χ3v) is 9.86. The molecular weight excluding hydrogens is 559 g/mol. The lowest BCUT2D eigenvalue weighted by Gasteiger charge is -2.40. The van der Waals surface area contributed by atoms with Crippen molar-refractivity contribution in [3.63, 3.8) is 0 Å². The van der Waals surface area contributed by atoms with Crippen molar-refractivity contribution in [2.75, 3.05) is 45.1 Å². The van der Waals surface area contributed by atoms with Crippen LogP contribution in [0.5, 0.6) is 0 Å². The molecule has 2 aliphatic heterocycles. The summed E-state index contributed by atoms with van der Waals surface area (Å²) < 4.78 is 28.5. The molecule has 4 aromatic carbocycles. The Morgan fingerprint density at radius 3 is 2.49 bits per heavy atom. The first-order valence-corrected chi connectivity index (χ1v) is 15.1. The van der Waals surface area contributed by atoms with Crippen molar-refractivity contribution in [3.8, 4) is 0 Å². The number of benzene rings is 4. The van der Waals surface area contributed by atoms with Crippen LogP contribution in [-0.2, 0) is 12.0 Å². The second-order valence-electron chi connectivity index (χ2n) is 11.8. The number of likely N-dealkylation sites (tertiary alicyclic amines) is 1. The zero-order valence-corrected chi connectivity index (χ0v) is 24.8. The maximum Gasteiger partial charge on any atom is 0.131 e. The van der Waals surface area contributed by atoms with Gasteiger partial charge in [0.25, 0.3) is 0 Å². The molecular formula is C34H35Cl2F2N3. The minimum absolute atomic E-state index is 0.0230. The van der Waals surface area contributed by atoms with E-state index < -0.39 is 0 Å². The summed E-state index contributed by atoms with van der Waals surface area (Å²) in [6.45, 7) is 5.38. The van der Waals surface area contributed by atoms with Crippen molar-refractivity contribution in [2.45, 2.75) is 37.1 Å². The Balaban J connectivity index is 1.14. The van der Waals surface area contributed by atoms with E-state index in [9.17, 15) is 8.78 Å². The molecule has 2 aliphatic rings. The summed E-state index contributed by atoms with van der Waals surface area (Å²) in [5.41, 5.74) is 4.53. The van der Waals surface area contributed by atoms with E-state index in [1.54, 1.807) is 18.2 Å². The van der Waals surface area contributed by atoms with Gasteiger partial charge < -0.3 is 15.1 Å². The van der Waals surface area contributed by atoms with E-state index in [2.05, 4.69) is 28.2 Å². The molecule has 0 saturated carbocycles. The van der Waals surface area contributed by atoms with Crippen LogP contribution in [0.3, 0.4) is 0 Å². The third-order valence-electron chi connectivity index (χ3n) is 9.13. The van der Waals surface area contributed by atoms with Gasteiger partial charge in [-0.1, -0.05) is 59.6 Å². The molecule has 0 aliphatic carbocycles. The predicted molar refractivity (Wildman–Crippen MR) is 166 cm³/mol. The van der Waals surface area contributed by atoms with E-state index in [-0.39, 0.29) is 23.0 Å². The monoisotopic (exact) mass is 593 g/mol. The predicted octanol–water partition coefficient (Wildman–Crippen LogP) is 8.49. The Hall–Kier alpha value is -2.70. The molecule has 0 radical (unpaired) electrons. The summed E-state index contributed by atoms with van der Waals surface area (Å²) >= 11 is 12.7. The molecule has 1 saturated heterocycles. The van der Waals surface area contributed by atoms with E-state index in [1.165, 1.54) is 5.56 Å². The number of likely N-dealkylation sites (N-methyl/N-ethyl adjacent to an activating group) is 1. The molecule has 4 aromatic rings. The SMILES string of the molecule is CN(Cc1ccc(F)c2ccccc12)C[C@@H](CCN1CCC2(CC1)CNc1ccc(F)cc12)c1ccc(Cl)c(Cl)c1. The number of rotatable bonds is 8. The first kappa shape index (κ1) is 28.4. The molecule has 1 fully saturated rings. The topological polar surface area (TPSA) is 18.5 Å². The molecule has 1 N–H and O–H groups in total. The van der Waals surface area contributed by atoms with Gasteiger partial charge in [0.15, 0.2) is 0 Å². The van der Waals surface area contributed by atoms with E-state index >= 15 is 0 Å². The fraction of sp³-hybridized carbons (Fsp3) is 0.353. The van der Waals surface area contributed by atoms with Gasteiger partial charge in [-0.2, -0.15) is 0 Å². The van der Waals surface area contributed by atoms with Crippen LogP contribution in [0.4, 0.5) is 14.5 Å². The van der Waals surface area contributed by atoms with E-state index in [0.717, 1.165) is 74.2 Å². The number of hydrogen-bond donors (Lipinski definition) is 1. The summed E-state index contributed by atoms with van der Waals surface area (Å²) in [6.07, 6.45) is 3.01. The molecule has 6 rings (SSSR count). The second-order valence-corrected chi connectivity index (χ2v) is 12.6. The highest BCUT2D eigenvalue weighted by atomic mass is 35.5. The van der Waals surface area contributed by atoms with Crippen molar-refractivity contribution in [3.05, 3.63) is 111 Å². The van der Waals surface area contributed by atoms with Crippen LogP contribution < -0.4 is 5.32 Å². The first-order valence-electron chi connectivity index (χ1n) is 14.4. The highest BCUT2D eigenvalue weighted by Crippen LogP contribution is 2.44. The van der Waals surface area contributed by atoms with Crippen LogP contribution in [0.2, 0.25) is 10.0 Å². The van der Waals surface area contributed by atoms with Crippen LogP contribution in [0.15, 0.2) is 72.8 Å². The zero-order valence-electron chi connectivity index (χ0n) is 23.3. The summed E-state index contributed by atoms with van der Waals surface area (Å²) in [5.74, 6) is -0.0946. The molecule has 0 aromatic heterocycles. The van der Waals surface area contributed by atoms with Crippen molar-refractivity contribution < 1.29 is 8.78 Å². The second kappa shape index (κ2) is 11.9. The van der Waals surface area contributed by atoms with Crippen molar-refractivity contribution >= 4 is 39.7 Å². The number of halogens is 4. The Morgan fingerprint density at radius 1 is 0.927 bits per heavy atom. The molecule has 0 amide bonds. The van der Waals surface area contributed by atoms with E-state index in [1.807, 2.05) is 48.5 Å². The number of anilines is 1. The van der Waals surface area contributed by atoms with Gasteiger partial charge in [0.05, 0.1) is 10.0 Å². The van der Waals surface area contributed by atoms with Gasteiger partial charge in [0.1, 0.15) is 11.6 Å². The summed E-state index contributed by atoms with van der Waals surface area (Å²) in [6, 6.07) is 22.2. The standard InChI is InChI=1S/C34H35Cl2F2N3/c1-40(21-25-7-10-32(38)28-5-3-2-4-27(25)28)20-24(23-6-9-30(35)31(36)18-23)12-15-41-16-13-34(14-17-41)22-39-33-11-8-26(37)19-29(33)34/h2-11,18-19,24,39H,12-17,20-22H2,1H3/t24-/m1/s1. The van der Waals surface area contributed by atoms with E-state index in [0.29, 0.717) is 22.0 Å². The first-order chi connectivity index (χ1) is 19.8.